The van der Waals surface area contributed by atoms with E-state index in [9.17, 15) is 12.8 Å². The molecule has 2 aliphatic heterocycles. The maximum absolute atomic E-state index is 13.9. The Morgan fingerprint density at radius 1 is 1.05 bits per heavy atom. The van der Waals surface area contributed by atoms with Gasteiger partial charge in [0.25, 0.3) is 0 Å². The second kappa shape index (κ2) is 11.3. The average molecular weight is 565 g/mol. The number of methoxy groups -OCH3 is 3. The predicted octanol–water partition coefficient (Wildman–Crippen LogP) is 1.06. The van der Waals surface area contributed by atoms with Crippen molar-refractivity contribution in [3.05, 3.63) is 36.2 Å². The van der Waals surface area contributed by atoms with Crippen molar-refractivity contribution in [2.24, 2.45) is 0 Å². The zero-order valence-corrected chi connectivity index (χ0v) is 22.5. The lowest BCUT2D eigenvalue weighted by Gasteiger charge is -2.36. The molecule has 0 aromatic carbocycles. The van der Waals surface area contributed by atoms with Crippen molar-refractivity contribution < 1.29 is 31.8 Å². The topological polar surface area (TPSA) is 157 Å². The van der Waals surface area contributed by atoms with E-state index in [-0.39, 0.29) is 42.2 Å². The Kier molecular flexibility index (Phi) is 7.86. The van der Waals surface area contributed by atoms with E-state index in [1.165, 1.54) is 27.7 Å². The first-order valence-electron chi connectivity index (χ1n) is 12.3. The highest BCUT2D eigenvalue weighted by Gasteiger charge is 2.39. The van der Waals surface area contributed by atoms with Crippen LogP contribution in [0.15, 0.2) is 18.7 Å². The number of hydrogen-bond donors (Lipinski definition) is 0. The maximum Gasteiger partial charge on any atom is 0.245 e. The number of piperidine rings is 1. The highest BCUT2D eigenvalue weighted by molar-refractivity contribution is 7.91. The molecule has 0 amide bonds. The molecule has 3 aromatic heterocycles. The van der Waals surface area contributed by atoms with Crippen LogP contribution in [0.2, 0.25) is 0 Å². The van der Waals surface area contributed by atoms with Gasteiger partial charge in [-0.25, -0.2) is 22.8 Å². The van der Waals surface area contributed by atoms with E-state index >= 15 is 0 Å². The van der Waals surface area contributed by atoms with Gasteiger partial charge in [-0.2, -0.15) is 9.97 Å². The Hall–Kier alpha value is -3.50. The highest BCUT2D eigenvalue weighted by atomic mass is 32.2. The molecule has 39 heavy (non-hydrogen) atoms. The highest BCUT2D eigenvalue weighted by Crippen LogP contribution is 2.36. The molecular weight excluding hydrogens is 535 g/mol. The number of halogens is 1. The first-order chi connectivity index (χ1) is 18.8. The van der Waals surface area contributed by atoms with E-state index in [2.05, 4.69) is 30.1 Å². The molecule has 0 N–H and O–H groups in total. The summed E-state index contributed by atoms with van der Waals surface area (Å²) in [6.45, 7) is 1.01. The van der Waals surface area contributed by atoms with Crippen LogP contribution in [-0.4, -0.2) is 95.5 Å². The summed E-state index contributed by atoms with van der Waals surface area (Å²) in [5, 5.41) is 7.74. The molecule has 0 spiro atoms. The molecule has 0 saturated carbocycles. The van der Waals surface area contributed by atoms with Gasteiger partial charge in [-0.05, 0) is 19.3 Å². The van der Waals surface area contributed by atoms with Crippen molar-refractivity contribution >= 4 is 15.8 Å². The minimum absolute atomic E-state index is 0.0989. The Bertz CT molecular complexity index is 1380. The number of sulfone groups is 1. The summed E-state index contributed by atoms with van der Waals surface area (Å²) in [5.74, 6) is 0.0542. The van der Waals surface area contributed by atoms with Crippen LogP contribution in [0.3, 0.4) is 0 Å². The third-order valence-electron chi connectivity index (χ3n) is 6.77. The van der Waals surface area contributed by atoms with Crippen LogP contribution in [-0.2, 0) is 25.1 Å². The van der Waals surface area contributed by atoms with Gasteiger partial charge in [0, 0.05) is 26.8 Å². The van der Waals surface area contributed by atoms with E-state index in [0.717, 1.165) is 18.8 Å². The third-order valence-corrected chi connectivity index (χ3v) is 8.79. The van der Waals surface area contributed by atoms with Gasteiger partial charge in [0.05, 0.1) is 38.0 Å². The lowest BCUT2D eigenvalue weighted by Crippen LogP contribution is -2.50. The number of hydrogen-bond acceptors (Lipinski definition) is 13. The molecule has 0 radical (unpaired) electrons. The molecular formula is C23H29FN8O6S. The predicted molar refractivity (Wildman–Crippen MR) is 134 cm³/mol. The monoisotopic (exact) mass is 564 g/mol. The number of aromatic nitrogens is 7. The molecule has 16 heteroatoms. The van der Waals surface area contributed by atoms with Gasteiger partial charge in [-0.1, -0.05) is 0 Å². The molecule has 0 aliphatic carbocycles. The molecule has 0 unspecified atom stereocenters. The maximum atomic E-state index is 13.9. The van der Waals surface area contributed by atoms with Crippen LogP contribution in [0.25, 0.3) is 5.69 Å². The molecule has 2 saturated heterocycles. The Labute approximate surface area is 224 Å². The molecule has 3 atom stereocenters. The summed E-state index contributed by atoms with van der Waals surface area (Å²) < 4.78 is 65.0. The summed E-state index contributed by atoms with van der Waals surface area (Å²) in [6.07, 6.45) is 4.33. The molecule has 2 fully saturated rings. The van der Waals surface area contributed by atoms with Gasteiger partial charge in [0.2, 0.25) is 17.7 Å². The largest absolute Gasteiger partial charge is 0.479 e. The summed E-state index contributed by atoms with van der Waals surface area (Å²) >= 11 is 0. The van der Waals surface area contributed by atoms with Crippen LogP contribution in [0.1, 0.15) is 37.0 Å². The minimum Gasteiger partial charge on any atom is -0.479 e. The van der Waals surface area contributed by atoms with Crippen molar-refractivity contribution in [1.82, 2.24) is 34.7 Å². The smallest absolute Gasteiger partial charge is 0.245 e. The molecule has 14 nitrogen and oxygen atoms in total. The summed E-state index contributed by atoms with van der Waals surface area (Å²) in [4.78, 5) is 18.1. The summed E-state index contributed by atoms with van der Waals surface area (Å²) in [7, 11) is 0.552. The van der Waals surface area contributed by atoms with Gasteiger partial charge >= 0.3 is 0 Å². The van der Waals surface area contributed by atoms with Gasteiger partial charge in [0.15, 0.2) is 33.0 Å². The summed E-state index contributed by atoms with van der Waals surface area (Å²) in [5.41, 5.74) is 0.281. The van der Waals surface area contributed by atoms with E-state index in [0.29, 0.717) is 25.4 Å². The normalized spacial score (nSPS) is 21.7. The second-order valence-electron chi connectivity index (χ2n) is 9.18. The van der Waals surface area contributed by atoms with Gasteiger partial charge in [0.1, 0.15) is 18.2 Å². The second-order valence-corrected chi connectivity index (χ2v) is 11.5. The molecule has 5 heterocycles. The lowest BCUT2D eigenvalue weighted by atomic mass is 10.1. The zero-order valence-electron chi connectivity index (χ0n) is 21.7. The fourth-order valence-corrected chi connectivity index (χ4v) is 6.56. The quantitative estimate of drug-likeness (QED) is 0.364. The van der Waals surface area contributed by atoms with Crippen LogP contribution in [0.4, 0.5) is 10.3 Å². The van der Waals surface area contributed by atoms with Crippen molar-refractivity contribution in [2.45, 2.75) is 42.5 Å². The first-order valence-corrected chi connectivity index (χ1v) is 14.0. The Morgan fingerprint density at radius 2 is 1.77 bits per heavy atom. The van der Waals surface area contributed by atoms with Crippen LogP contribution in [0.5, 0.6) is 11.8 Å². The SMILES string of the molecule is COc1ncnc(OC)c1-n1c(CS(=O)(=O)[C@H]2C[C@H](OC)CN(c3ncc(F)cn3)C2)nnc1[C@@H]1CCCO1. The third kappa shape index (κ3) is 5.49. The Balaban J connectivity index is 1.52. The van der Waals surface area contributed by atoms with Crippen LogP contribution >= 0.6 is 0 Å². The van der Waals surface area contributed by atoms with Crippen molar-refractivity contribution in [1.29, 1.82) is 0 Å². The number of rotatable bonds is 9. The fraction of sp³-hybridized carbons (Fsp3) is 0.565. The standard InChI is InChI=1S/C23H29FN8O6S/c1-35-15-7-16(11-31(10-15)23-25-8-14(24)9-26-23)39(33,34)12-18-29-30-20(17-5-4-6-38-17)32(18)19-21(36-2)27-13-28-22(19)37-3/h8-9,13,15-17H,4-7,10-12H2,1-3H3/t15-,16-,17-/m0/s1. The molecule has 210 valence electrons. The number of ether oxygens (including phenoxy) is 4. The lowest BCUT2D eigenvalue weighted by molar-refractivity contribution is 0.0897. The van der Waals surface area contributed by atoms with E-state index in [1.807, 2.05) is 0 Å². The van der Waals surface area contributed by atoms with Crippen molar-refractivity contribution in [2.75, 3.05) is 45.9 Å². The van der Waals surface area contributed by atoms with Gasteiger partial charge in [-0.3, -0.25) is 4.57 Å². The van der Waals surface area contributed by atoms with Crippen molar-refractivity contribution in [3.63, 3.8) is 0 Å². The summed E-state index contributed by atoms with van der Waals surface area (Å²) in [6, 6.07) is 0. The van der Waals surface area contributed by atoms with Crippen LogP contribution in [0, 0.1) is 5.82 Å². The van der Waals surface area contributed by atoms with Gasteiger partial charge < -0.3 is 23.8 Å². The molecule has 5 rings (SSSR count). The van der Waals surface area contributed by atoms with Crippen LogP contribution < -0.4 is 14.4 Å². The Morgan fingerprint density at radius 3 is 2.38 bits per heavy atom. The minimum atomic E-state index is -3.85. The van der Waals surface area contributed by atoms with E-state index in [1.54, 1.807) is 9.47 Å². The number of nitrogens with zero attached hydrogens (tertiary/aromatic N) is 8. The van der Waals surface area contributed by atoms with Gasteiger partial charge in [-0.15, -0.1) is 10.2 Å². The number of anilines is 1. The van der Waals surface area contributed by atoms with Crippen molar-refractivity contribution in [3.8, 4) is 17.4 Å². The fourth-order valence-electron chi connectivity index (χ4n) is 4.86. The van der Waals surface area contributed by atoms with E-state index in [4.69, 9.17) is 18.9 Å². The average Bonchev–Trinajstić information content (AvgIpc) is 3.62. The zero-order chi connectivity index (χ0) is 27.6. The van der Waals surface area contributed by atoms with E-state index < -0.39 is 38.9 Å². The molecule has 0 bridgehead atoms. The first kappa shape index (κ1) is 27.1. The molecule has 2 aliphatic rings. The molecule has 3 aromatic rings.